The molecule has 2 rings (SSSR count). The number of hydrogen-bond acceptors (Lipinski definition) is 0. The Morgan fingerprint density at radius 1 is 0.812 bits per heavy atom. The predicted octanol–water partition coefficient (Wildman–Crippen LogP) is -0.574. The zero-order chi connectivity index (χ0) is 11.4. The van der Waals surface area contributed by atoms with Crippen LogP contribution >= 0.6 is 0 Å². The lowest BCUT2D eigenvalue weighted by Gasteiger charge is -1.94. The minimum Gasteiger partial charge on any atom is -0.245 e. The molecule has 1 aromatic rings. The minimum absolute atomic E-state index is 1.10. The Balaban J connectivity index is 2.21. The molecule has 0 bridgehead atoms. The van der Waals surface area contributed by atoms with E-state index in [1.54, 1.807) is 0 Å². The lowest BCUT2D eigenvalue weighted by molar-refractivity contribution is -0.417. The molecule has 2 nitrogen and oxygen atoms in total. The van der Waals surface area contributed by atoms with Crippen molar-refractivity contribution >= 4 is 17.1 Å². The molecule has 0 spiro atoms. The van der Waals surface area contributed by atoms with Crippen molar-refractivity contribution in [1.82, 2.24) is 0 Å². The normalized spacial score (nSPS) is 14.1. The number of benzene rings is 1. The fourth-order valence-corrected chi connectivity index (χ4v) is 1.52. The number of aryl methyl sites for hydroxylation is 1. The van der Waals surface area contributed by atoms with Gasteiger partial charge in [-0.15, -0.1) is 0 Å². The van der Waals surface area contributed by atoms with Crippen LogP contribution < -0.4 is 9.98 Å². The van der Waals surface area contributed by atoms with Crippen molar-refractivity contribution in [3.05, 3.63) is 54.1 Å². The highest BCUT2D eigenvalue weighted by molar-refractivity contribution is 6.14. The molecule has 0 saturated carbocycles. The Morgan fingerprint density at radius 2 is 1.38 bits per heavy atom. The van der Waals surface area contributed by atoms with Gasteiger partial charge in [-0.25, -0.2) is 9.98 Å². The fraction of sp³-hybridized carbons (Fsp3) is 0.143. The molecule has 0 amide bonds. The van der Waals surface area contributed by atoms with Gasteiger partial charge in [0.1, 0.15) is 7.05 Å². The van der Waals surface area contributed by atoms with Crippen LogP contribution in [0.4, 0.5) is 5.69 Å². The number of rotatable bonds is 1. The fourth-order valence-electron chi connectivity index (χ4n) is 1.52. The molecule has 0 fully saturated rings. The van der Waals surface area contributed by atoms with Gasteiger partial charge in [0.05, 0.1) is 0 Å². The maximum Gasteiger partial charge on any atom is 0.204 e. The molecule has 0 heterocycles. The molecule has 80 valence electrons. The molecule has 0 radical (unpaired) electrons. The zero-order valence-electron chi connectivity index (χ0n) is 9.62. The average molecular weight is 212 g/mol. The van der Waals surface area contributed by atoms with Crippen LogP contribution in [-0.2, 0) is 0 Å². The van der Waals surface area contributed by atoms with E-state index in [-0.39, 0.29) is 0 Å². The smallest absolute Gasteiger partial charge is 0.204 e. The molecule has 2 N–H and O–H groups in total. The third-order valence-electron chi connectivity index (χ3n) is 2.51. The van der Waals surface area contributed by atoms with Gasteiger partial charge in [-0.2, -0.15) is 0 Å². The van der Waals surface area contributed by atoms with Gasteiger partial charge >= 0.3 is 0 Å². The van der Waals surface area contributed by atoms with E-state index in [1.807, 2.05) is 7.05 Å². The second kappa shape index (κ2) is 4.71. The second-order valence-electron chi connectivity index (χ2n) is 3.82. The van der Waals surface area contributed by atoms with Gasteiger partial charge in [-0.1, -0.05) is 17.7 Å². The van der Waals surface area contributed by atoms with E-state index in [2.05, 4.69) is 65.5 Å². The predicted molar refractivity (Wildman–Crippen MR) is 67.0 cm³/mol. The molecule has 0 unspecified atom stereocenters. The number of nitrogens with one attached hydrogen (secondary N) is 2. The van der Waals surface area contributed by atoms with Crippen molar-refractivity contribution in [3.63, 3.8) is 0 Å². The molecule has 1 aliphatic rings. The molecule has 16 heavy (non-hydrogen) atoms. The van der Waals surface area contributed by atoms with Crippen LogP contribution in [0.25, 0.3) is 0 Å². The van der Waals surface area contributed by atoms with Crippen LogP contribution in [-0.4, -0.2) is 18.5 Å². The first kappa shape index (κ1) is 10.6. The molecule has 2 heteroatoms. The molecule has 0 saturated heterocycles. The van der Waals surface area contributed by atoms with Crippen LogP contribution in [0.5, 0.6) is 0 Å². The highest BCUT2D eigenvalue weighted by Crippen LogP contribution is 2.01. The summed E-state index contributed by atoms with van der Waals surface area (Å²) in [6, 6.07) is 8.37. The highest BCUT2D eigenvalue weighted by Gasteiger charge is 2.06. The monoisotopic (exact) mass is 212 g/mol. The minimum atomic E-state index is 1.10. The van der Waals surface area contributed by atoms with Crippen molar-refractivity contribution in [3.8, 4) is 0 Å². The molecule has 0 atom stereocenters. The second-order valence-corrected chi connectivity index (χ2v) is 3.82. The van der Waals surface area contributed by atoms with E-state index in [4.69, 9.17) is 0 Å². The Morgan fingerprint density at radius 3 is 1.94 bits per heavy atom. The topological polar surface area (TPSA) is 27.9 Å². The van der Waals surface area contributed by atoms with Crippen LogP contribution in [0.15, 0.2) is 48.6 Å². The van der Waals surface area contributed by atoms with Gasteiger partial charge in [-0.3, -0.25) is 0 Å². The lowest BCUT2D eigenvalue weighted by Crippen LogP contribution is -2.68. The largest absolute Gasteiger partial charge is 0.245 e. The Bertz CT molecular complexity index is 470. The molecular weight excluding hydrogens is 196 g/mol. The Hall–Kier alpha value is -1.96. The van der Waals surface area contributed by atoms with Crippen molar-refractivity contribution in [2.75, 3.05) is 7.05 Å². The lowest BCUT2D eigenvalue weighted by atomic mass is 10.1. The van der Waals surface area contributed by atoms with E-state index < -0.39 is 0 Å². The summed E-state index contributed by atoms with van der Waals surface area (Å²) in [6.07, 6.45) is 8.23. The molecule has 1 aromatic carbocycles. The Kier molecular flexibility index (Phi) is 3.10. The van der Waals surface area contributed by atoms with Crippen molar-refractivity contribution in [2.24, 2.45) is 0 Å². The summed E-state index contributed by atoms with van der Waals surface area (Å²) in [5.41, 5.74) is 4.61. The van der Waals surface area contributed by atoms with Gasteiger partial charge in [0.25, 0.3) is 0 Å². The van der Waals surface area contributed by atoms with Gasteiger partial charge in [0.15, 0.2) is 5.71 Å². The number of hydrogen-bond donors (Lipinski definition) is 2. The first-order chi connectivity index (χ1) is 7.78. The maximum absolute atomic E-state index is 3.35. The van der Waals surface area contributed by atoms with Crippen LogP contribution in [0.2, 0.25) is 0 Å². The maximum atomic E-state index is 3.35. The molecule has 0 aliphatic heterocycles. The SMILES string of the molecule is C[NH+]=C1C=CC(=[NH+]c2ccc(C)cc2)C=C1. The first-order valence-corrected chi connectivity index (χ1v) is 5.39. The molecule has 0 aromatic heterocycles. The Labute approximate surface area is 95.8 Å². The zero-order valence-corrected chi connectivity index (χ0v) is 9.62. The summed E-state index contributed by atoms with van der Waals surface area (Å²) in [6.45, 7) is 2.09. The van der Waals surface area contributed by atoms with E-state index >= 15 is 0 Å². The van der Waals surface area contributed by atoms with Crippen molar-refractivity contribution in [1.29, 1.82) is 0 Å². The van der Waals surface area contributed by atoms with Crippen molar-refractivity contribution < 1.29 is 9.98 Å². The first-order valence-electron chi connectivity index (χ1n) is 5.39. The third-order valence-corrected chi connectivity index (χ3v) is 2.51. The summed E-state index contributed by atoms with van der Waals surface area (Å²) in [5, 5.41) is 0. The highest BCUT2D eigenvalue weighted by atomic mass is 14.7. The summed E-state index contributed by atoms with van der Waals surface area (Å²) >= 11 is 0. The third kappa shape index (κ3) is 2.54. The van der Waals surface area contributed by atoms with Crippen LogP contribution in [0.1, 0.15) is 5.56 Å². The van der Waals surface area contributed by atoms with Gasteiger partial charge < -0.3 is 0 Å². The quantitative estimate of drug-likeness (QED) is 0.583. The average Bonchev–Trinajstić information content (AvgIpc) is 2.33. The summed E-state index contributed by atoms with van der Waals surface area (Å²) < 4.78 is 0. The summed E-state index contributed by atoms with van der Waals surface area (Å²) in [4.78, 5) is 6.45. The number of allylic oxidation sites excluding steroid dienone is 4. The van der Waals surface area contributed by atoms with Gasteiger partial charge in [-0.05, 0) is 6.92 Å². The van der Waals surface area contributed by atoms with Crippen LogP contribution in [0, 0.1) is 6.92 Å². The molecular formula is C14H16N2+2. The molecule has 1 aliphatic carbocycles. The van der Waals surface area contributed by atoms with E-state index in [0.717, 1.165) is 17.1 Å². The van der Waals surface area contributed by atoms with Gasteiger partial charge in [0.2, 0.25) is 11.4 Å². The summed E-state index contributed by atoms with van der Waals surface area (Å²) in [5.74, 6) is 0. The summed E-state index contributed by atoms with van der Waals surface area (Å²) in [7, 11) is 1.92. The van der Waals surface area contributed by atoms with Crippen molar-refractivity contribution in [2.45, 2.75) is 6.92 Å². The van der Waals surface area contributed by atoms with E-state index in [0.29, 0.717) is 0 Å². The van der Waals surface area contributed by atoms with E-state index in [1.165, 1.54) is 5.56 Å². The van der Waals surface area contributed by atoms with Crippen LogP contribution in [0.3, 0.4) is 0 Å². The standard InChI is InChI=1S/C14H14N2/c1-11-3-5-13(6-4-11)16-14-9-7-12(15-2)8-10-14/h3-10H,1-2H3/p+2. The van der Waals surface area contributed by atoms with Gasteiger partial charge in [0, 0.05) is 36.4 Å². The van der Waals surface area contributed by atoms with E-state index in [9.17, 15) is 0 Å².